The maximum atomic E-state index is 12.0. The number of esters is 1. The van der Waals surface area contributed by atoms with E-state index in [-0.39, 0.29) is 11.8 Å². The molecule has 1 aliphatic carbocycles. The van der Waals surface area contributed by atoms with Crippen LogP contribution in [0, 0.1) is 5.92 Å². The summed E-state index contributed by atoms with van der Waals surface area (Å²) >= 11 is 1.25. The van der Waals surface area contributed by atoms with Gasteiger partial charge in [0.15, 0.2) is 0 Å². The Balaban J connectivity index is 2.02. The first-order valence-electron chi connectivity index (χ1n) is 6.56. The van der Waals surface area contributed by atoms with E-state index in [4.69, 9.17) is 4.74 Å². The van der Waals surface area contributed by atoms with Gasteiger partial charge in [0, 0.05) is 17.5 Å². The van der Waals surface area contributed by atoms with Gasteiger partial charge in [-0.1, -0.05) is 0 Å². The normalized spacial score (nSPS) is 14.2. The van der Waals surface area contributed by atoms with Gasteiger partial charge in [-0.05, 0) is 31.9 Å². The summed E-state index contributed by atoms with van der Waals surface area (Å²) in [4.78, 5) is 29.3. The van der Waals surface area contributed by atoms with Crippen LogP contribution in [-0.2, 0) is 9.53 Å². The fourth-order valence-electron chi connectivity index (χ4n) is 1.97. The standard InChI is InChI=1S/C14H14N2O3S/c1-2-19-14(18)11-10(16-12(17)8-5-6-8)9-4-3-7-15-13(9)20-11/h3-4,7-8H,2,5-6H2,1H3,(H,16,17). The van der Waals surface area contributed by atoms with E-state index in [0.29, 0.717) is 17.2 Å². The van der Waals surface area contributed by atoms with E-state index in [1.54, 1.807) is 19.2 Å². The first-order chi connectivity index (χ1) is 9.70. The van der Waals surface area contributed by atoms with Crippen LogP contribution in [0.25, 0.3) is 10.2 Å². The molecule has 2 aromatic heterocycles. The second-order valence-electron chi connectivity index (χ2n) is 4.65. The fourth-order valence-corrected chi connectivity index (χ4v) is 2.96. The van der Waals surface area contributed by atoms with E-state index in [1.807, 2.05) is 6.07 Å². The molecule has 104 valence electrons. The van der Waals surface area contributed by atoms with Crippen LogP contribution in [0.2, 0.25) is 0 Å². The van der Waals surface area contributed by atoms with Crippen molar-refractivity contribution in [2.24, 2.45) is 5.92 Å². The minimum absolute atomic E-state index is 0.0286. The summed E-state index contributed by atoms with van der Waals surface area (Å²) in [6.07, 6.45) is 3.50. The lowest BCUT2D eigenvalue weighted by Crippen LogP contribution is -2.15. The molecular weight excluding hydrogens is 276 g/mol. The lowest BCUT2D eigenvalue weighted by atomic mass is 10.2. The van der Waals surface area contributed by atoms with Gasteiger partial charge in [0.1, 0.15) is 9.71 Å². The zero-order valence-electron chi connectivity index (χ0n) is 11.0. The van der Waals surface area contributed by atoms with E-state index in [0.717, 1.165) is 23.1 Å². The average molecular weight is 290 g/mol. The minimum Gasteiger partial charge on any atom is -0.462 e. The number of amides is 1. The first-order valence-corrected chi connectivity index (χ1v) is 7.38. The molecule has 0 radical (unpaired) electrons. The van der Waals surface area contributed by atoms with Crippen molar-refractivity contribution in [2.75, 3.05) is 11.9 Å². The Morgan fingerprint density at radius 1 is 1.50 bits per heavy atom. The van der Waals surface area contributed by atoms with Crippen LogP contribution < -0.4 is 5.32 Å². The number of anilines is 1. The van der Waals surface area contributed by atoms with Crippen LogP contribution in [0.3, 0.4) is 0 Å². The Bertz CT molecular complexity index is 676. The lowest BCUT2D eigenvalue weighted by Gasteiger charge is -2.06. The maximum absolute atomic E-state index is 12.0. The minimum atomic E-state index is -0.415. The van der Waals surface area contributed by atoms with Crippen molar-refractivity contribution in [1.29, 1.82) is 0 Å². The molecule has 1 amide bonds. The Morgan fingerprint density at radius 3 is 3.00 bits per heavy atom. The highest BCUT2D eigenvalue weighted by molar-refractivity contribution is 7.21. The highest BCUT2D eigenvalue weighted by Gasteiger charge is 2.31. The lowest BCUT2D eigenvalue weighted by molar-refractivity contribution is -0.117. The first kappa shape index (κ1) is 13.1. The number of hydrogen-bond acceptors (Lipinski definition) is 5. The highest BCUT2D eigenvalue weighted by atomic mass is 32.1. The number of thiophene rings is 1. The molecule has 0 atom stereocenters. The van der Waals surface area contributed by atoms with Gasteiger partial charge in [-0.2, -0.15) is 0 Å². The van der Waals surface area contributed by atoms with Crippen molar-refractivity contribution in [1.82, 2.24) is 4.98 Å². The average Bonchev–Trinajstić information content (AvgIpc) is 3.23. The van der Waals surface area contributed by atoms with E-state index < -0.39 is 5.97 Å². The van der Waals surface area contributed by atoms with Crippen molar-refractivity contribution in [3.8, 4) is 0 Å². The van der Waals surface area contributed by atoms with Crippen molar-refractivity contribution in [3.05, 3.63) is 23.2 Å². The SMILES string of the molecule is CCOC(=O)c1sc2ncccc2c1NC(=O)C1CC1. The Hall–Kier alpha value is -1.95. The molecule has 0 unspecified atom stereocenters. The third-order valence-electron chi connectivity index (χ3n) is 3.12. The van der Waals surface area contributed by atoms with E-state index >= 15 is 0 Å². The molecule has 5 nitrogen and oxygen atoms in total. The number of carbonyl (C=O) groups excluding carboxylic acids is 2. The number of pyridine rings is 1. The van der Waals surface area contributed by atoms with Crippen molar-refractivity contribution < 1.29 is 14.3 Å². The Morgan fingerprint density at radius 2 is 2.30 bits per heavy atom. The van der Waals surface area contributed by atoms with Gasteiger partial charge in [-0.3, -0.25) is 4.79 Å². The summed E-state index contributed by atoms with van der Waals surface area (Å²) in [6.45, 7) is 2.06. The van der Waals surface area contributed by atoms with Gasteiger partial charge >= 0.3 is 5.97 Å². The third kappa shape index (κ3) is 2.38. The fraction of sp³-hybridized carbons (Fsp3) is 0.357. The number of hydrogen-bond donors (Lipinski definition) is 1. The van der Waals surface area contributed by atoms with Gasteiger partial charge in [-0.25, -0.2) is 9.78 Å². The molecule has 0 aliphatic heterocycles. The molecule has 20 heavy (non-hydrogen) atoms. The summed E-state index contributed by atoms with van der Waals surface area (Å²) in [5.74, 6) is -0.364. The number of ether oxygens (including phenoxy) is 1. The zero-order chi connectivity index (χ0) is 14.1. The predicted octanol–water partition coefficient (Wildman–Crippen LogP) is 2.82. The summed E-state index contributed by atoms with van der Waals surface area (Å²) in [7, 11) is 0. The molecule has 0 aromatic carbocycles. The van der Waals surface area contributed by atoms with Crippen LogP contribution in [0.5, 0.6) is 0 Å². The summed E-state index contributed by atoms with van der Waals surface area (Å²) in [6, 6.07) is 3.64. The number of nitrogens with zero attached hydrogens (tertiary/aromatic N) is 1. The topological polar surface area (TPSA) is 68.3 Å². The summed E-state index contributed by atoms with van der Waals surface area (Å²) in [5.41, 5.74) is 0.536. The number of aromatic nitrogens is 1. The molecule has 1 fully saturated rings. The second kappa shape index (κ2) is 5.20. The van der Waals surface area contributed by atoms with E-state index in [1.165, 1.54) is 11.3 Å². The van der Waals surface area contributed by atoms with Crippen molar-refractivity contribution >= 4 is 39.1 Å². The monoisotopic (exact) mass is 290 g/mol. The maximum Gasteiger partial charge on any atom is 0.350 e. The number of carbonyl (C=O) groups is 2. The van der Waals surface area contributed by atoms with E-state index in [2.05, 4.69) is 10.3 Å². The molecule has 1 N–H and O–H groups in total. The molecule has 0 spiro atoms. The third-order valence-corrected chi connectivity index (χ3v) is 4.22. The quantitative estimate of drug-likeness (QED) is 0.879. The molecule has 1 aliphatic rings. The van der Waals surface area contributed by atoms with Crippen LogP contribution in [0.1, 0.15) is 29.4 Å². The molecule has 2 aromatic rings. The molecule has 3 rings (SSSR count). The molecular formula is C14H14N2O3S. The van der Waals surface area contributed by atoms with Gasteiger partial charge < -0.3 is 10.1 Å². The highest BCUT2D eigenvalue weighted by Crippen LogP contribution is 2.37. The van der Waals surface area contributed by atoms with Gasteiger partial charge in [-0.15, -0.1) is 11.3 Å². The number of rotatable bonds is 4. The Kier molecular flexibility index (Phi) is 3.40. The molecule has 2 heterocycles. The predicted molar refractivity (Wildman–Crippen MR) is 76.9 cm³/mol. The zero-order valence-corrected chi connectivity index (χ0v) is 11.8. The van der Waals surface area contributed by atoms with Gasteiger partial charge in [0.05, 0.1) is 12.3 Å². The summed E-state index contributed by atoms with van der Waals surface area (Å²) < 4.78 is 5.05. The van der Waals surface area contributed by atoms with E-state index in [9.17, 15) is 9.59 Å². The van der Waals surface area contributed by atoms with Crippen LogP contribution in [0.4, 0.5) is 5.69 Å². The largest absolute Gasteiger partial charge is 0.462 e. The smallest absolute Gasteiger partial charge is 0.350 e. The van der Waals surface area contributed by atoms with Crippen molar-refractivity contribution in [3.63, 3.8) is 0 Å². The number of nitrogens with one attached hydrogen (secondary N) is 1. The molecule has 0 bridgehead atoms. The molecule has 6 heteroatoms. The van der Waals surface area contributed by atoms with Crippen LogP contribution >= 0.6 is 11.3 Å². The molecule has 0 saturated heterocycles. The second-order valence-corrected chi connectivity index (χ2v) is 5.65. The van der Waals surface area contributed by atoms with Crippen LogP contribution in [0.15, 0.2) is 18.3 Å². The van der Waals surface area contributed by atoms with Gasteiger partial charge in [0.25, 0.3) is 0 Å². The van der Waals surface area contributed by atoms with Crippen molar-refractivity contribution in [2.45, 2.75) is 19.8 Å². The summed E-state index contributed by atoms with van der Waals surface area (Å²) in [5, 5.41) is 3.65. The Labute approximate surface area is 120 Å². The van der Waals surface area contributed by atoms with Crippen LogP contribution in [-0.4, -0.2) is 23.5 Å². The molecule has 1 saturated carbocycles. The van der Waals surface area contributed by atoms with Gasteiger partial charge in [0.2, 0.25) is 5.91 Å². The number of fused-ring (bicyclic) bond motifs is 1.